The quantitative estimate of drug-likeness (QED) is 0.604. The van der Waals surface area contributed by atoms with Gasteiger partial charge in [0.25, 0.3) is 0 Å². The maximum atomic E-state index is 6.28. The van der Waals surface area contributed by atoms with Gasteiger partial charge < -0.3 is 0 Å². The minimum Gasteiger partial charge on any atom is -0.298 e. The Morgan fingerprint density at radius 2 is 2.20 bits per heavy atom. The molecule has 0 fully saturated rings. The molecule has 0 saturated heterocycles. The fourth-order valence-corrected chi connectivity index (χ4v) is 3.97. The van der Waals surface area contributed by atoms with E-state index in [1.54, 1.807) is 12.4 Å². The number of halogens is 1. The molecular formula is C21H20ClN3. The van der Waals surface area contributed by atoms with E-state index in [0.29, 0.717) is 6.04 Å². The van der Waals surface area contributed by atoms with E-state index < -0.39 is 0 Å². The standard InChI is InChI=1S/C21H20ClN3/c1-3-19-21-17(9-11-24(19)2)18-13-16(22)6-7-20(18)25(21)12-8-15-5-4-10-23-14-15/h4-7,10,13-14,19H,3,9,11H2,1-2H3. The van der Waals surface area contributed by atoms with Crippen LogP contribution in [0.2, 0.25) is 5.02 Å². The first-order valence-electron chi connectivity index (χ1n) is 8.64. The highest BCUT2D eigenvalue weighted by molar-refractivity contribution is 6.31. The highest BCUT2D eigenvalue weighted by Gasteiger charge is 2.29. The van der Waals surface area contributed by atoms with Gasteiger partial charge in [-0.25, -0.2) is 0 Å². The molecule has 0 amide bonds. The molecule has 0 bridgehead atoms. The summed E-state index contributed by atoms with van der Waals surface area (Å²) in [5, 5.41) is 2.01. The molecule has 1 unspecified atom stereocenters. The Balaban J connectivity index is 1.97. The minimum absolute atomic E-state index is 0.373. The highest BCUT2D eigenvalue weighted by Crippen LogP contribution is 2.38. The molecule has 126 valence electrons. The molecule has 4 rings (SSSR count). The van der Waals surface area contributed by atoms with Gasteiger partial charge >= 0.3 is 0 Å². The molecule has 1 aliphatic heterocycles. The molecule has 1 atom stereocenters. The van der Waals surface area contributed by atoms with Crippen LogP contribution in [0.4, 0.5) is 0 Å². The summed E-state index contributed by atoms with van der Waals surface area (Å²) in [5.41, 5.74) is 4.76. The minimum atomic E-state index is 0.373. The first-order chi connectivity index (χ1) is 12.2. The topological polar surface area (TPSA) is 21.1 Å². The Labute approximate surface area is 153 Å². The second kappa shape index (κ2) is 6.55. The molecule has 3 nitrogen and oxygen atoms in total. The van der Waals surface area contributed by atoms with Crippen LogP contribution in [0.25, 0.3) is 10.9 Å². The van der Waals surface area contributed by atoms with Gasteiger partial charge in [0.15, 0.2) is 0 Å². The summed E-state index contributed by atoms with van der Waals surface area (Å²) < 4.78 is 2.16. The fourth-order valence-electron chi connectivity index (χ4n) is 3.80. The lowest BCUT2D eigenvalue weighted by Crippen LogP contribution is -2.32. The van der Waals surface area contributed by atoms with E-state index in [9.17, 15) is 0 Å². The molecule has 25 heavy (non-hydrogen) atoms. The second-order valence-electron chi connectivity index (χ2n) is 6.49. The molecule has 3 aromatic rings. The highest BCUT2D eigenvalue weighted by atomic mass is 35.5. The molecule has 0 aliphatic carbocycles. The number of likely N-dealkylation sites (N-methyl/N-ethyl adjacent to an activating group) is 1. The molecule has 0 N–H and O–H groups in total. The Bertz CT molecular complexity index is 979. The van der Waals surface area contributed by atoms with Crippen LogP contribution >= 0.6 is 11.6 Å². The van der Waals surface area contributed by atoms with E-state index in [1.165, 1.54) is 16.6 Å². The predicted molar refractivity (Wildman–Crippen MR) is 103 cm³/mol. The fraction of sp³-hybridized carbons (Fsp3) is 0.286. The first kappa shape index (κ1) is 16.2. The van der Waals surface area contributed by atoms with Crippen molar-refractivity contribution in [2.24, 2.45) is 0 Å². The van der Waals surface area contributed by atoms with Crippen molar-refractivity contribution in [3.63, 3.8) is 0 Å². The van der Waals surface area contributed by atoms with Crippen LogP contribution in [-0.2, 0) is 6.42 Å². The summed E-state index contributed by atoms with van der Waals surface area (Å²) in [5.74, 6) is 3.26. The summed E-state index contributed by atoms with van der Waals surface area (Å²) in [6, 6.07) is 13.8. The number of hydrogen-bond donors (Lipinski definition) is 0. The molecule has 0 spiro atoms. The lowest BCUT2D eigenvalue weighted by Gasteiger charge is -2.32. The normalized spacial score (nSPS) is 17.2. The van der Waals surface area contributed by atoms with E-state index in [2.05, 4.69) is 52.5 Å². The van der Waals surface area contributed by atoms with Crippen molar-refractivity contribution < 1.29 is 0 Å². The van der Waals surface area contributed by atoms with Crippen molar-refractivity contribution in [1.82, 2.24) is 14.5 Å². The SMILES string of the molecule is CCC1c2c(c3cc(Cl)ccc3n2C#Cc2cccnc2)CCN1C. The van der Waals surface area contributed by atoms with E-state index >= 15 is 0 Å². The van der Waals surface area contributed by atoms with Crippen molar-refractivity contribution in [2.45, 2.75) is 25.8 Å². The lowest BCUT2D eigenvalue weighted by atomic mass is 9.96. The largest absolute Gasteiger partial charge is 0.298 e. The summed E-state index contributed by atoms with van der Waals surface area (Å²) in [6.07, 6.45) is 5.65. The second-order valence-corrected chi connectivity index (χ2v) is 6.93. The molecule has 1 aliphatic rings. The molecular weight excluding hydrogens is 330 g/mol. The Morgan fingerprint density at radius 3 is 2.96 bits per heavy atom. The van der Waals surface area contributed by atoms with Crippen LogP contribution in [0, 0.1) is 12.0 Å². The molecule has 0 saturated carbocycles. The summed E-state index contributed by atoms with van der Waals surface area (Å²) in [7, 11) is 2.20. The maximum Gasteiger partial charge on any atom is 0.0619 e. The van der Waals surface area contributed by atoms with Gasteiger partial charge in [0, 0.05) is 41.0 Å². The van der Waals surface area contributed by atoms with Gasteiger partial charge in [-0.1, -0.05) is 18.5 Å². The lowest BCUT2D eigenvalue weighted by molar-refractivity contribution is 0.219. The van der Waals surface area contributed by atoms with Crippen LogP contribution in [-0.4, -0.2) is 28.0 Å². The van der Waals surface area contributed by atoms with Crippen molar-refractivity contribution in [2.75, 3.05) is 13.6 Å². The van der Waals surface area contributed by atoms with Crippen LogP contribution in [0.1, 0.15) is 36.2 Å². The molecule has 4 heteroatoms. The summed E-state index contributed by atoms with van der Waals surface area (Å²) in [6.45, 7) is 3.30. The van der Waals surface area contributed by atoms with Crippen LogP contribution < -0.4 is 0 Å². The smallest absolute Gasteiger partial charge is 0.0619 e. The van der Waals surface area contributed by atoms with Crippen LogP contribution in [0.15, 0.2) is 42.7 Å². The third-order valence-electron chi connectivity index (χ3n) is 5.00. The predicted octanol–water partition coefficient (Wildman–Crippen LogP) is 4.49. The van der Waals surface area contributed by atoms with Gasteiger partial charge in [0.05, 0.1) is 17.3 Å². The maximum absolute atomic E-state index is 6.28. The Kier molecular flexibility index (Phi) is 4.25. The number of rotatable bonds is 1. The van der Waals surface area contributed by atoms with Crippen molar-refractivity contribution >= 4 is 22.5 Å². The molecule has 0 radical (unpaired) electrons. The summed E-state index contributed by atoms with van der Waals surface area (Å²) >= 11 is 6.28. The van der Waals surface area contributed by atoms with Gasteiger partial charge in [-0.2, -0.15) is 0 Å². The Morgan fingerprint density at radius 1 is 1.32 bits per heavy atom. The number of hydrogen-bond acceptors (Lipinski definition) is 2. The van der Waals surface area contributed by atoms with Crippen molar-refractivity contribution in [3.8, 4) is 12.0 Å². The van der Waals surface area contributed by atoms with Crippen LogP contribution in [0.3, 0.4) is 0 Å². The van der Waals surface area contributed by atoms with E-state index in [0.717, 1.165) is 35.5 Å². The zero-order valence-corrected chi connectivity index (χ0v) is 15.2. The van der Waals surface area contributed by atoms with Gasteiger partial charge in [0.2, 0.25) is 0 Å². The van der Waals surface area contributed by atoms with E-state index in [4.69, 9.17) is 11.6 Å². The number of benzene rings is 1. The summed E-state index contributed by atoms with van der Waals surface area (Å²) in [4.78, 5) is 6.57. The average molecular weight is 350 g/mol. The number of nitrogens with zero attached hydrogens (tertiary/aromatic N) is 3. The Hall–Kier alpha value is -2.28. The molecule has 2 aromatic heterocycles. The van der Waals surface area contributed by atoms with E-state index in [1.807, 2.05) is 18.2 Å². The van der Waals surface area contributed by atoms with Gasteiger partial charge in [-0.3, -0.25) is 14.5 Å². The number of aromatic nitrogens is 2. The first-order valence-corrected chi connectivity index (χ1v) is 9.02. The average Bonchev–Trinajstić information content (AvgIpc) is 2.93. The zero-order valence-electron chi connectivity index (χ0n) is 14.5. The third kappa shape index (κ3) is 2.82. The van der Waals surface area contributed by atoms with Crippen molar-refractivity contribution in [1.29, 1.82) is 0 Å². The van der Waals surface area contributed by atoms with E-state index in [-0.39, 0.29) is 0 Å². The monoisotopic (exact) mass is 349 g/mol. The third-order valence-corrected chi connectivity index (χ3v) is 5.23. The number of pyridine rings is 1. The van der Waals surface area contributed by atoms with Gasteiger partial charge in [-0.15, -0.1) is 0 Å². The number of fused-ring (bicyclic) bond motifs is 3. The molecule has 1 aromatic carbocycles. The van der Waals surface area contributed by atoms with Gasteiger partial charge in [-0.05, 0) is 61.7 Å². The van der Waals surface area contributed by atoms with Crippen molar-refractivity contribution in [3.05, 3.63) is 64.6 Å². The van der Waals surface area contributed by atoms with Gasteiger partial charge in [0.1, 0.15) is 0 Å². The molecule has 3 heterocycles. The van der Waals surface area contributed by atoms with Crippen LogP contribution in [0.5, 0.6) is 0 Å². The zero-order chi connectivity index (χ0) is 17.4.